The standard InChI is InChI=1S/C20H21ClN2O2/c1-13-10-23(11-14(2)24-13)12-15-3-8-19-18(9-15)22-20(25-19)16-4-6-17(21)7-5-16/h3-9,13-14H,10-12H2,1-2H3. The summed E-state index contributed by atoms with van der Waals surface area (Å²) in [7, 11) is 0. The van der Waals surface area contributed by atoms with Gasteiger partial charge in [-0.05, 0) is 55.8 Å². The number of fused-ring (bicyclic) bond motifs is 1. The van der Waals surface area contributed by atoms with Crippen LogP contribution in [0.3, 0.4) is 0 Å². The zero-order valence-electron chi connectivity index (χ0n) is 14.4. The van der Waals surface area contributed by atoms with Crippen molar-refractivity contribution >= 4 is 22.7 Å². The maximum absolute atomic E-state index is 5.95. The molecule has 0 N–H and O–H groups in total. The molecule has 0 saturated carbocycles. The van der Waals surface area contributed by atoms with Crippen molar-refractivity contribution < 1.29 is 9.15 Å². The molecule has 2 atom stereocenters. The molecular weight excluding hydrogens is 336 g/mol. The zero-order valence-corrected chi connectivity index (χ0v) is 15.2. The number of rotatable bonds is 3. The molecule has 130 valence electrons. The molecule has 1 aliphatic rings. The van der Waals surface area contributed by atoms with Crippen LogP contribution in [0.1, 0.15) is 19.4 Å². The van der Waals surface area contributed by atoms with Gasteiger partial charge in [0.25, 0.3) is 0 Å². The number of ether oxygens (including phenoxy) is 1. The molecule has 5 heteroatoms. The Balaban J connectivity index is 1.57. The van der Waals surface area contributed by atoms with Gasteiger partial charge in [0.1, 0.15) is 5.52 Å². The normalized spacial score (nSPS) is 21.7. The molecule has 25 heavy (non-hydrogen) atoms. The molecule has 4 nitrogen and oxygen atoms in total. The summed E-state index contributed by atoms with van der Waals surface area (Å²) in [5.41, 5.74) is 3.86. The Morgan fingerprint density at radius 2 is 1.80 bits per heavy atom. The van der Waals surface area contributed by atoms with Gasteiger partial charge in [-0.25, -0.2) is 4.98 Å². The van der Waals surface area contributed by atoms with E-state index in [0.29, 0.717) is 10.9 Å². The maximum Gasteiger partial charge on any atom is 0.227 e. The van der Waals surface area contributed by atoms with Crippen molar-refractivity contribution in [1.29, 1.82) is 0 Å². The SMILES string of the molecule is CC1CN(Cc2ccc3oc(-c4ccc(Cl)cc4)nc3c2)CC(C)O1. The van der Waals surface area contributed by atoms with Crippen LogP contribution in [-0.2, 0) is 11.3 Å². The summed E-state index contributed by atoms with van der Waals surface area (Å²) in [6.45, 7) is 7.06. The van der Waals surface area contributed by atoms with Crippen molar-refractivity contribution in [3.63, 3.8) is 0 Å². The number of oxazole rings is 1. The molecule has 3 aromatic rings. The van der Waals surface area contributed by atoms with Crippen LogP contribution in [0.25, 0.3) is 22.6 Å². The molecule has 0 radical (unpaired) electrons. The molecule has 1 saturated heterocycles. The van der Waals surface area contributed by atoms with Crippen molar-refractivity contribution in [2.45, 2.75) is 32.6 Å². The number of hydrogen-bond acceptors (Lipinski definition) is 4. The summed E-state index contributed by atoms with van der Waals surface area (Å²) in [4.78, 5) is 7.07. The fraction of sp³-hybridized carbons (Fsp3) is 0.350. The number of nitrogens with zero attached hydrogens (tertiary/aromatic N) is 2. The molecule has 1 aromatic heterocycles. The molecule has 1 fully saturated rings. The van der Waals surface area contributed by atoms with Crippen LogP contribution < -0.4 is 0 Å². The quantitative estimate of drug-likeness (QED) is 0.678. The molecule has 0 aliphatic carbocycles. The van der Waals surface area contributed by atoms with E-state index >= 15 is 0 Å². The fourth-order valence-electron chi connectivity index (χ4n) is 3.46. The van der Waals surface area contributed by atoms with E-state index in [1.165, 1.54) is 5.56 Å². The monoisotopic (exact) mass is 356 g/mol. The van der Waals surface area contributed by atoms with E-state index in [1.807, 2.05) is 30.3 Å². The Bertz CT molecular complexity index is 865. The first-order valence-electron chi connectivity index (χ1n) is 8.60. The lowest BCUT2D eigenvalue weighted by Crippen LogP contribution is -2.44. The van der Waals surface area contributed by atoms with Gasteiger partial charge >= 0.3 is 0 Å². The van der Waals surface area contributed by atoms with Crippen LogP contribution in [0.2, 0.25) is 5.02 Å². The minimum atomic E-state index is 0.274. The summed E-state index contributed by atoms with van der Waals surface area (Å²) in [6.07, 6.45) is 0.548. The van der Waals surface area contributed by atoms with Gasteiger partial charge in [-0.1, -0.05) is 17.7 Å². The maximum atomic E-state index is 5.95. The van der Waals surface area contributed by atoms with E-state index in [0.717, 1.165) is 36.3 Å². The van der Waals surface area contributed by atoms with Crippen LogP contribution in [0.15, 0.2) is 46.9 Å². The van der Waals surface area contributed by atoms with Gasteiger partial charge in [0.15, 0.2) is 5.58 Å². The Labute approximate surface area is 152 Å². The predicted octanol–water partition coefficient (Wildman–Crippen LogP) is 4.76. The van der Waals surface area contributed by atoms with Gasteiger partial charge < -0.3 is 9.15 Å². The first kappa shape index (κ1) is 16.6. The lowest BCUT2D eigenvalue weighted by atomic mass is 10.1. The first-order chi connectivity index (χ1) is 12.1. The minimum absolute atomic E-state index is 0.274. The second kappa shape index (κ2) is 6.79. The topological polar surface area (TPSA) is 38.5 Å². The number of halogens is 1. The molecule has 1 aliphatic heterocycles. The molecular formula is C20H21ClN2O2. The Hall–Kier alpha value is -1.88. The van der Waals surface area contributed by atoms with Crippen LogP contribution in [0.4, 0.5) is 0 Å². The third-order valence-electron chi connectivity index (χ3n) is 4.44. The fourth-order valence-corrected chi connectivity index (χ4v) is 3.58. The summed E-state index contributed by atoms with van der Waals surface area (Å²) < 4.78 is 11.7. The van der Waals surface area contributed by atoms with Gasteiger partial charge in [0, 0.05) is 30.2 Å². The average Bonchev–Trinajstić information content (AvgIpc) is 2.97. The second-order valence-corrected chi connectivity index (χ2v) is 7.22. The molecule has 4 rings (SSSR count). The van der Waals surface area contributed by atoms with Crippen LogP contribution in [0.5, 0.6) is 0 Å². The van der Waals surface area contributed by atoms with Crippen LogP contribution in [-0.4, -0.2) is 35.2 Å². The van der Waals surface area contributed by atoms with Crippen molar-refractivity contribution in [3.8, 4) is 11.5 Å². The van der Waals surface area contributed by atoms with Crippen molar-refractivity contribution in [2.24, 2.45) is 0 Å². The summed E-state index contributed by atoms with van der Waals surface area (Å²) in [5.74, 6) is 0.623. The summed E-state index contributed by atoms with van der Waals surface area (Å²) >= 11 is 5.95. The molecule has 2 heterocycles. The Morgan fingerprint density at radius 3 is 2.52 bits per heavy atom. The number of aromatic nitrogens is 1. The van der Waals surface area contributed by atoms with E-state index in [2.05, 4.69) is 35.9 Å². The zero-order chi connectivity index (χ0) is 17.4. The van der Waals surface area contributed by atoms with Gasteiger partial charge in [0.05, 0.1) is 12.2 Å². The Morgan fingerprint density at radius 1 is 1.08 bits per heavy atom. The summed E-state index contributed by atoms with van der Waals surface area (Å²) in [5, 5.41) is 0.705. The predicted molar refractivity (Wildman–Crippen MR) is 99.7 cm³/mol. The van der Waals surface area contributed by atoms with Crippen molar-refractivity contribution in [1.82, 2.24) is 9.88 Å². The van der Waals surface area contributed by atoms with Gasteiger partial charge in [-0.15, -0.1) is 0 Å². The lowest BCUT2D eigenvalue weighted by molar-refractivity contribution is -0.0704. The smallest absolute Gasteiger partial charge is 0.227 e. The van der Waals surface area contributed by atoms with Gasteiger partial charge in [-0.2, -0.15) is 0 Å². The highest BCUT2D eigenvalue weighted by molar-refractivity contribution is 6.30. The van der Waals surface area contributed by atoms with Crippen molar-refractivity contribution in [2.75, 3.05) is 13.1 Å². The van der Waals surface area contributed by atoms with Crippen molar-refractivity contribution in [3.05, 3.63) is 53.1 Å². The van der Waals surface area contributed by atoms with Gasteiger partial charge in [-0.3, -0.25) is 4.90 Å². The Kier molecular flexibility index (Phi) is 4.50. The highest BCUT2D eigenvalue weighted by Crippen LogP contribution is 2.26. The van der Waals surface area contributed by atoms with E-state index in [1.54, 1.807) is 0 Å². The minimum Gasteiger partial charge on any atom is -0.436 e. The third-order valence-corrected chi connectivity index (χ3v) is 4.70. The van der Waals surface area contributed by atoms with Crippen LogP contribution >= 0.6 is 11.6 Å². The number of morpholine rings is 1. The number of hydrogen-bond donors (Lipinski definition) is 0. The molecule has 0 amide bonds. The van der Waals surface area contributed by atoms with E-state index < -0.39 is 0 Å². The third kappa shape index (κ3) is 3.71. The highest BCUT2D eigenvalue weighted by atomic mass is 35.5. The molecule has 0 bridgehead atoms. The van der Waals surface area contributed by atoms with E-state index in [-0.39, 0.29) is 12.2 Å². The first-order valence-corrected chi connectivity index (χ1v) is 8.98. The summed E-state index contributed by atoms with van der Waals surface area (Å²) in [6, 6.07) is 13.8. The van der Waals surface area contributed by atoms with E-state index in [4.69, 9.17) is 20.8 Å². The average molecular weight is 357 g/mol. The number of benzene rings is 2. The second-order valence-electron chi connectivity index (χ2n) is 6.78. The van der Waals surface area contributed by atoms with E-state index in [9.17, 15) is 0 Å². The van der Waals surface area contributed by atoms with Crippen LogP contribution in [0, 0.1) is 0 Å². The molecule has 2 unspecified atom stereocenters. The largest absolute Gasteiger partial charge is 0.436 e. The molecule has 2 aromatic carbocycles. The molecule has 0 spiro atoms. The van der Waals surface area contributed by atoms with Gasteiger partial charge in [0.2, 0.25) is 5.89 Å². The highest BCUT2D eigenvalue weighted by Gasteiger charge is 2.22. The lowest BCUT2D eigenvalue weighted by Gasteiger charge is -2.35.